The van der Waals surface area contributed by atoms with E-state index in [2.05, 4.69) is 15.2 Å². The number of hydrogen-bond acceptors (Lipinski definition) is 3. The Hall–Kier alpha value is -1.71. The van der Waals surface area contributed by atoms with E-state index in [0.29, 0.717) is 5.39 Å². The van der Waals surface area contributed by atoms with E-state index in [4.69, 9.17) is 0 Å². The number of H-pyrrole nitrogens is 1. The zero-order chi connectivity index (χ0) is 8.55. The molecule has 60 valence electrons. The zero-order valence-electron chi connectivity index (χ0n) is 6.53. The maximum Gasteiger partial charge on any atom is 0.273 e. The predicted octanol–water partition coefficient (Wildman–Crippen LogP) is 0.627. The van der Waals surface area contributed by atoms with Crippen molar-refractivity contribution in [3.8, 4) is 0 Å². The third kappa shape index (κ3) is 0.972. The van der Waals surface area contributed by atoms with Crippen molar-refractivity contribution in [2.45, 2.75) is 6.92 Å². The van der Waals surface area contributed by atoms with Crippen LogP contribution in [0.2, 0.25) is 0 Å². The topological polar surface area (TPSA) is 58.6 Å². The van der Waals surface area contributed by atoms with Crippen LogP contribution in [0.4, 0.5) is 0 Å². The quantitative estimate of drug-likeness (QED) is 0.616. The molecule has 2 aromatic rings. The molecular formula is C8H7N3O. The van der Waals surface area contributed by atoms with E-state index >= 15 is 0 Å². The van der Waals surface area contributed by atoms with Gasteiger partial charge < -0.3 is 0 Å². The lowest BCUT2D eigenvalue weighted by Crippen LogP contribution is -2.07. The first-order chi connectivity index (χ1) is 5.77. The summed E-state index contributed by atoms with van der Waals surface area (Å²) in [5.41, 5.74) is 0.690. The predicted molar refractivity (Wildman–Crippen MR) is 44.9 cm³/mol. The van der Waals surface area contributed by atoms with Crippen LogP contribution in [0.1, 0.15) is 5.69 Å². The van der Waals surface area contributed by atoms with Gasteiger partial charge in [-0.2, -0.15) is 5.10 Å². The van der Waals surface area contributed by atoms with Gasteiger partial charge >= 0.3 is 0 Å². The summed E-state index contributed by atoms with van der Waals surface area (Å²) in [5, 5.41) is 7.44. The fourth-order valence-electron chi connectivity index (χ4n) is 1.10. The summed E-state index contributed by atoms with van der Waals surface area (Å²) in [6.07, 6.45) is 3.18. The molecule has 0 aliphatic heterocycles. The minimum absolute atomic E-state index is 0.194. The zero-order valence-corrected chi connectivity index (χ0v) is 6.53. The minimum atomic E-state index is -0.194. The fraction of sp³-hybridized carbons (Fsp3) is 0.125. The molecule has 0 fully saturated rings. The molecule has 0 aromatic carbocycles. The molecule has 2 aromatic heterocycles. The van der Waals surface area contributed by atoms with E-state index in [1.165, 1.54) is 0 Å². The lowest BCUT2D eigenvalue weighted by atomic mass is 10.2. The van der Waals surface area contributed by atoms with Gasteiger partial charge in [-0.05, 0) is 13.0 Å². The van der Waals surface area contributed by atoms with Gasteiger partial charge in [0, 0.05) is 17.3 Å². The van der Waals surface area contributed by atoms with Crippen LogP contribution in [0.3, 0.4) is 0 Å². The van der Waals surface area contributed by atoms with Crippen molar-refractivity contribution in [3.63, 3.8) is 0 Å². The summed E-state index contributed by atoms with van der Waals surface area (Å²) in [4.78, 5) is 15.2. The second kappa shape index (κ2) is 2.41. The monoisotopic (exact) mass is 161 g/mol. The molecule has 0 aliphatic carbocycles. The average Bonchev–Trinajstić information content (AvgIpc) is 2.04. The highest BCUT2D eigenvalue weighted by Gasteiger charge is 1.97. The Labute approximate surface area is 68.3 Å². The highest BCUT2D eigenvalue weighted by molar-refractivity contribution is 5.79. The van der Waals surface area contributed by atoms with Crippen molar-refractivity contribution in [2.75, 3.05) is 0 Å². The van der Waals surface area contributed by atoms with Crippen LogP contribution >= 0.6 is 0 Å². The summed E-state index contributed by atoms with van der Waals surface area (Å²) >= 11 is 0. The van der Waals surface area contributed by atoms with E-state index < -0.39 is 0 Å². The van der Waals surface area contributed by atoms with Crippen LogP contribution in [-0.4, -0.2) is 15.2 Å². The normalized spacial score (nSPS) is 10.4. The highest BCUT2D eigenvalue weighted by atomic mass is 16.1. The smallest absolute Gasteiger partial charge is 0.267 e. The van der Waals surface area contributed by atoms with Gasteiger partial charge in [0.15, 0.2) is 0 Å². The van der Waals surface area contributed by atoms with Gasteiger partial charge in [-0.3, -0.25) is 9.78 Å². The molecule has 0 unspecified atom stereocenters. The number of nitrogens with one attached hydrogen (secondary N) is 1. The molecule has 0 spiro atoms. The number of aromatic nitrogens is 3. The molecule has 12 heavy (non-hydrogen) atoms. The lowest BCUT2D eigenvalue weighted by Gasteiger charge is -1.94. The van der Waals surface area contributed by atoms with Gasteiger partial charge in [0.2, 0.25) is 0 Å². The number of fused-ring (bicyclic) bond motifs is 1. The van der Waals surface area contributed by atoms with Crippen LogP contribution in [-0.2, 0) is 0 Å². The van der Waals surface area contributed by atoms with Gasteiger partial charge in [0.1, 0.15) is 0 Å². The number of aromatic amines is 1. The van der Waals surface area contributed by atoms with Gasteiger partial charge in [0.25, 0.3) is 5.56 Å². The third-order valence-corrected chi connectivity index (χ3v) is 1.69. The van der Waals surface area contributed by atoms with Crippen LogP contribution in [0, 0.1) is 6.92 Å². The fourth-order valence-corrected chi connectivity index (χ4v) is 1.10. The summed E-state index contributed by atoms with van der Waals surface area (Å²) < 4.78 is 0. The summed E-state index contributed by atoms with van der Waals surface area (Å²) in [5.74, 6) is 0. The molecule has 0 atom stereocenters. The Morgan fingerprint density at radius 2 is 2.25 bits per heavy atom. The van der Waals surface area contributed by atoms with E-state index in [-0.39, 0.29) is 5.56 Å². The van der Waals surface area contributed by atoms with Gasteiger partial charge in [-0.25, -0.2) is 5.10 Å². The Morgan fingerprint density at radius 1 is 1.42 bits per heavy atom. The van der Waals surface area contributed by atoms with E-state index in [1.54, 1.807) is 12.4 Å². The average molecular weight is 161 g/mol. The largest absolute Gasteiger partial charge is 0.273 e. The molecular weight excluding hydrogens is 154 g/mol. The van der Waals surface area contributed by atoms with Crippen molar-refractivity contribution >= 4 is 10.8 Å². The van der Waals surface area contributed by atoms with Crippen LogP contribution in [0.15, 0.2) is 23.3 Å². The van der Waals surface area contributed by atoms with Crippen molar-refractivity contribution in [1.29, 1.82) is 0 Å². The minimum Gasteiger partial charge on any atom is -0.267 e. The van der Waals surface area contributed by atoms with Gasteiger partial charge in [0.05, 0.1) is 11.6 Å². The molecule has 0 amide bonds. The van der Waals surface area contributed by atoms with Gasteiger partial charge in [-0.15, -0.1) is 0 Å². The molecule has 1 N–H and O–H groups in total. The van der Waals surface area contributed by atoms with Crippen molar-refractivity contribution in [2.24, 2.45) is 0 Å². The summed E-state index contributed by atoms with van der Waals surface area (Å²) in [6, 6.07) is 1.83. The van der Waals surface area contributed by atoms with Crippen molar-refractivity contribution in [3.05, 3.63) is 34.5 Å². The van der Waals surface area contributed by atoms with E-state index in [9.17, 15) is 4.79 Å². The van der Waals surface area contributed by atoms with Crippen LogP contribution in [0.5, 0.6) is 0 Å². The summed E-state index contributed by atoms with van der Waals surface area (Å²) in [7, 11) is 0. The second-order valence-electron chi connectivity index (χ2n) is 2.61. The first kappa shape index (κ1) is 6.97. The number of aryl methyl sites for hydroxylation is 1. The number of pyridine rings is 1. The molecule has 0 saturated carbocycles. The second-order valence-corrected chi connectivity index (χ2v) is 2.61. The molecule has 2 rings (SSSR count). The maximum atomic E-state index is 11.1. The summed E-state index contributed by atoms with van der Waals surface area (Å²) in [6.45, 7) is 1.88. The molecule has 0 saturated heterocycles. The molecule has 0 aliphatic rings. The number of hydrogen-bond donors (Lipinski definition) is 1. The Kier molecular flexibility index (Phi) is 1.40. The maximum absolute atomic E-state index is 11.1. The molecule has 4 nitrogen and oxygen atoms in total. The standard InChI is InChI=1S/C8H7N3O/c1-5-2-6-3-10-11-8(12)7(6)4-9-5/h2-4H,1H3,(H,11,12). The Bertz CT molecular complexity index is 475. The third-order valence-electron chi connectivity index (χ3n) is 1.69. The SMILES string of the molecule is Cc1cc2cn[nH]c(=O)c2cn1. The molecule has 0 bridgehead atoms. The first-order valence-corrected chi connectivity index (χ1v) is 3.57. The van der Waals surface area contributed by atoms with E-state index in [0.717, 1.165) is 11.1 Å². The van der Waals surface area contributed by atoms with Gasteiger partial charge in [-0.1, -0.05) is 0 Å². The van der Waals surface area contributed by atoms with E-state index in [1.807, 2.05) is 13.0 Å². The lowest BCUT2D eigenvalue weighted by molar-refractivity contribution is 1.01. The highest BCUT2D eigenvalue weighted by Crippen LogP contribution is 2.06. The first-order valence-electron chi connectivity index (χ1n) is 3.57. The van der Waals surface area contributed by atoms with Crippen LogP contribution in [0.25, 0.3) is 10.8 Å². The number of rotatable bonds is 0. The molecule has 4 heteroatoms. The number of nitrogens with zero attached hydrogens (tertiary/aromatic N) is 2. The Balaban J connectivity index is 2.96. The van der Waals surface area contributed by atoms with Crippen LogP contribution < -0.4 is 5.56 Å². The van der Waals surface area contributed by atoms with Crippen molar-refractivity contribution in [1.82, 2.24) is 15.2 Å². The van der Waals surface area contributed by atoms with Crippen molar-refractivity contribution < 1.29 is 0 Å². The molecule has 2 heterocycles. The Morgan fingerprint density at radius 3 is 3.08 bits per heavy atom. The molecule has 0 radical (unpaired) electrons.